The maximum absolute atomic E-state index is 13.4. The lowest BCUT2D eigenvalue weighted by molar-refractivity contribution is -0.384. The maximum Gasteiger partial charge on any atom is 0.288 e. The van der Waals surface area contributed by atoms with Gasteiger partial charge in [0.05, 0.1) is 4.92 Å². The second kappa shape index (κ2) is 6.62. The van der Waals surface area contributed by atoms with Crippen molar-refractivity contribution in [1.29, 1.82) is 0 Å². The lowest BCUT2D eigenvalue weighted by Crippen LogP contribution is -2.47. The first kappa shape index (κ1) is 17.9. The second-order valence-corrected chi connectivity index (χ2v) is 7.79. The van der Waals surface area contributed by atoms with E-state index in [1.165, 1.54) is 17.7 Å². The Balaban J connectivity index is 1.78. The number of piperidine rings is 1. The Morgan fingerprint density at radius 3 is 2.78 bits per heavy atom. The molecule has 6 nitrogen and oxygen atoms in total. The molecule has 2 aliphatic heterocycles. The van der Waals surface area contributed by atoms with Gasteiger partial charge in [-0.15, -0.1) is 0 Å². The van der Waals surface area contributed by atoms with Crippen LogP contribution in [0.25, 0.3) is 0 Å². The van der Waals surface area contributed by atoms with Gasteiger partial charge in [0.1, 0.15) is 5.02 Å². The Hall–Kier alpha value is -2.44. The highest BCUT2D eigenvalue weighted by Crippen LogP contribution is 2.45. The molecule has 0 N–H and O–H groups in total. The van der Waals surface area contributed by atoms with E-state index in [0.29, 0.717) is 0 Å². The fraction of sp³-hybridized carbons (Fsp3) is 0.350. The highest BCUT2D eigenvalue weighted by Gasteiger charge is 2.44. The van der Waals surface area contributed by atoms with Crippen molar-refractivity contribution >= 4 is 28.9 Å². The molecule has 140 valence electrons. The van der Waals surface area contributed by atoms with Gasteiger partial charge in [-0.1, -0.05) is 29.3 Å². The molecule has 1 saturated heterocycles. The van der Waals surface area contributed by atoms with Crippen LogP contribution in [0, 0.1) is 17.0 Å². The van der Waals surface area contributed by atoms with Crippen molar-refractivity contribution in [2.45, 2.75) is 25.3 Å². The van der Waals surface area contributed by atoms with Gasteiger partial charge in [0.2, 0.25) is 0 Å². The summed E-state index contributed by atoms with van der Waals surface area (Å²) in [4.78, 5) is 28.1. The van der Waals surface area contributed by atoms with Crippen molar-refractivity contribution in [2.24, 2.45) is 0 Å². The lowest BCUT2D eigenvalue weighted by atomic mass is 9.88. The predicted molar refractivity (Wildman–Crippen MR) is 105 cm³/mol. The third kappa shape index (κ3) is 2.99. The molecule has 2 aliphatic rings. The number of hydrogen-bond acceptors (Lipinski definition) is 4. The van der Waals surface area contributed by atoms with Crippen LogP contribution >= 0.6 is 11.6 Å². The molecule has 2 heterocycles. The Kier molecular flexibility index (Phi) is 4.40. The van der Waals surface area contributed by atoms with E-state index in [0.717, 1.165) is 30.8 Å². The van der Waals surface area contributed by atoms with Gasteiger partial charge < -0.3 is 9.80 Å². The van der Waals surface area contributed by atoms with Gasteiger partial charge in [-0.3, -0.25) is 14.9 Å². The molecule has 0 radical (unpaired) electrons. The summed E-state index contributed by atoms with van der Waals surface area (Å²) in [5, 5.41) is 11.2. The molecule has 2 atom stereocenters. The van der Waals surface area contributed by atoms with Crippen LogP contribution in [0.2, 0.25) is 5.02 Å². The smallest absolute Gasteiger partial charge is 0.288 e. The number of anilines is 1. The van der Waals surface area contributed by atoms with Gasteiger partial charge in [0.25, 0.3) is 11.6 Å². The average Bonchev–Trinajstić information content (AvgIpc) is 2.94. The first-order valence-electron chi connectivity index (χ1n) is 8.93. The number of nitro groups is 1. The zero-order chi connectivity index (χ0) is 19.3. The van der Waals surface area contributed by atoms with Crippen LogP contribution in [0.3, 0.4) is 0 Å². The monoisotopic (exact) mass is 385 g/mol. The number of likely N-dealkylation sites (tertiary alicyclic amines) is 1. The highest BCUT2D eigenvalue weighted by atomic mass is 35.5. The third-order valence-corrected chi connectivity index (χ3v) is 5.88. The number of amides is 1. The van der Waals surface area contributed by atoms with Crippen LogP contribution in [-0.2, 0) is 0 Å². The number of benzene rings is 2. The zero-order valence-corrected chi connectivity index (χ0v) is 15.9. The Bertz CT molecular complexity index is 946. The number of rotatable bonds is 2. The van der Waals surface area contributed by atoms with Crippen LogP contribution in [0.1, 0.15) is 33.8 Å². The first-order valence-corrected chi connectivity index (χ1v) is 9.31. The van der Waals surface area contributed by atoms with Gasteiger partial charge in [0.15, 0.2) is 0 Å². The number of fused-ring (bicyclic) bond motifs is 3. The highest BCUT2D eigenvalue weighted by molar-refractivity contribution is 6.32. The van der Waals surface area contributed by atoms with Crippen LogP contribution in [0.4, 0.5) is 11.4 Å². The lowest BCUT2D eigenvalue weighted by Gasteiger charge is -2.36. The minimum absolute atomic E-state index is 0.0335. The molecule has 27 heavy (non-hydrogen) atoms. The molecule has 0 bridgehead atoms. The van der Waals surface area contributed by atoms with Crippen molar-refractivity contribution in [3.8, 4) is 0 Å². The minimum Gasteiger partial charge on any atom is -0.306 e. The van der Waals surface area contributed by atoms with Gasteiger partial charge >= 0.3 is 0 Å². The summed E-state index contributed by atoms with van der Waals surface area (Å²) in [6.07, 6.45) is 0.871. The largest absolute Gasteiger partial charge is 0.306 e. The van der Waals surface area contributed by atoms with Gasteiger partial charge in [-0.05, 0) is 50.7 Å². The minimum atomic E-state index is -0.557. The average molecular weight is 386 g/mol. The van der Waals surface area contributed by atoms with E-state index in [2.05, 4.69) is 24.9 Å². The van der Waals surface area contributed by atoms with E-state index in [4.69, 9.17) is 11.6 Å². The topological polar surface area (TPSA) is 66.7 Å². The van der Waals surface area contributed by atoms with Gasteiger partial charge in [-0.2, -0.15) is 0 Å². The molecule has 7 heteroatoms. The van der Waals surface area contributed by atoms with Crippen LogP contribution in [0.15, 0.2) is 36.4 Å². The van der Waals surface area contributed by atoms with E-state index in [9.17, 15) is 14.9 Å². The summed E-state index contributed by atoms with van der Waals surface area (Å²) >= 11 is 5.91. The van der Waals surface area contributed by atoms with Crippen LogP contribution in [-0.4, -0.2) is 41.9 Å². The van der Waals surface area contributed by atoms with Crippen molar-refractivity contribution in [3.63, 3.8) is 0 Å². The Morgan fingerprint density at radius 1 is 1.26 bits per heavy atom. The first-order chi connectivity index (χ1) is 12.9. The number of nitrogens with zero attached hydrogens (tertiary/aromatic N) is 3. The van der Waals surface area contributed by atoms with Gasteiger partial charge in [0, 0.05) is 35.8 Å². The third-order valence-electron chi connectivity index (χ3n) is 5.56. The standard InChI is InChI=1S/C20H20ClN3O3/c1-12-3-6-17-14(9-12)15-11-22(2)8-7-18(15)23(17)20(25)13-4-5-16(21)19(10-13)24(26)27/h3-6,9-10,15,18H,7-8,11H2,1-2H3/t15-,18-/m0/s1. The molecule has 0 unspecified atom stereocenters. The number of carbonyl (C=O) groups is 1. The van der Waals surface area contributed by atoms with Crippen molar-refractivity contribution < 1.29 is 9.72 Å². The summed E-state index contributed by atoms with van der Waals surface area (Å²) in [7, 11) is 2.10. The molecule has 0 aromatic heterocycles. The number of carbonyl (C=O) groups excluding carboxylic acids is 1. The van der Waals surface area contributed by atoms with E-state index >= 15 is 0 Å². The Labute approximate surface area is 162 Å². The van der Waals surface area contributed by atoms with Crippen LogP contribution < -0.4 is 4.90 Å². The maximum atomic E-state index is 13.4. The summed E-state index contributed by atoms with van der Waals surface area (Å²) < 4.78 is 0. The van der Waals surface area contributed by atoms with Crippen molar-refractivity contribution in [1.82, 2.24) is 4.90 Å². The molecular weight excluding hydrogens is 366 g/mol. The molecule has 4 rings (SSSR count). The quantitative estimate of drug-likeness (QED) is 0.578. The van der Waals surface area contributed by atoms with Crippen molar-refractivity contribution in [2.75, 3.05) is 25.0 Å². The number of likely N-dealkylation sites (N-methyl/N-ethyl adjacent to an activating group) is 1. The normalized spacial score (nSPS) is 21.7. The predicted octanol–water partition coefficient (Wildman–Crippen LogP) is 4.00. The SMILES string of the molecule is Cc1ccc2c(c1)[C@@H]1CN(C)CC[C@@H]1N2C(=O)c1ccc(Cl)c([N+](=O)[O-])c1. The van der Waals surface area contributed by atoms with E-state index in [1.807, 2.05) is 17.0 Å². The zero-order valence-electron chi connectivity index (χ0n) is 15.2. The fourth-order valence-corrected chi connectivity index (χ4v) is 4.46. The molecule has 0 aliphatic carbocycles. The molecule has 0 spiro atoms. The molecule has 0 saturated carbocycles. The number of aryl methyl sites for hydroxylation is 1. The number of hydrogen-bond donors (Lipinski definition) is 0. The summed E-state index contributed by atoms with van der Waals surface area (Å²) in [5.74, 6) is 0.0433. The molecule has 1 fully saturated rings. The molecule has 2 aromatic rings. The van der Waals surface area contributed by atoms with E-state index in [1.54, 1.807) is 6.07 Å². The number of nitro benzene ring substituents is 1. The van der Waals surface area contributed by atoms with E-state index in [-0.39, 0.29) is 34.1 Å². The summed E-state index contributed by atoms with van der Waals surface area (Å²) in [6.45, 7) is 3.86. The van der Waals surface area contributed by atoms with Gasteiger partial charge in [-0.25, -0.2) is 0 Å². The Morgan fingerprint density at radius 2 is 2.04 bits per heavy atom. The second-order valence-electron chi connectivity index (χ2n) is 7.39. The van der Waals surface area contributed by atoms with Crippen molar-refractivity contribution in [3.05, 3.63) is 68.2 Å². The summed E-state index contributed by atoms with van der Waals surface area (Å²) in [6, 6.07) is 10.5. The molecule has 1 amide bonds. The van der Waals surface area contributed by atoms with E-state index < -0.39 is 4.92 Å². The molecular formula is C20H20ClN3O3. The molecule has 2 aromatic carbocycles. The number of halogens is 1. The summed E-state index contributed by atoms with van der Waals surface area (Å²) in [5.41, 5.74) is 3.30. The van der Waals surface area contributed by atoms with Crippen LogP contribution in [0.5, 0.6) is 0 Å². The fourth-order valence-electron chi connectivity index (χ4n) is 4.27.